The first-order chi connectivity index (χ1) is 12.5. The number of methoxy groups -OCH3 is 1. The molecule has 5 nitrogen and oxygen atoms in total. The van der Waals surface area contributed by atoms with Crippen LogP contribution in [0.5, 0.6) is 11.5 Å². The van der Waals surface area contributed by atoms with Gasteiger partial charge in [0.1, 0.15) is 6.61 Å². The Balaban J connectivity index is 1.96. The topological polar surface area (TPSA) is 59.9 Å². The molecule has 0 atom stereocenters. The Morgan fingerprint density at radius 1 is 1.19 bits per heavy atom. The lowest BCUT2D eigenvalue weighted by Gasteiger charge is -2.09. The van der Waals surface area contributed by atoms with Crippen molar-refractivity contribution < 1.29 is 14.3 Å². The lowest BCUT2D eigenvalue weighted by Crippen LogP contribution is -2.20. The van der Waals surface area contributed by atoms with Crippen molar-refractivity contribution in [3.63, 3.8) is 0 Å². The Hall–Kier alpha value is -3.08. The summed E-state index contributed by atoms with van der Waals surface area (Å²) < 4.78 is 10.8. The summed E-state index contributed by atoms with van der Waals surface area (Å²) in [5.74, 6) is 1.06. The molecule has 1 N–H and O–H groups in total. The van der Waals surface area contributed by atoms with Crippen LogP contribution in [0.2, 0.25) is 0 Å². The van der Waals surface area contributed by atoms with Crippen LogP contribution in [0.3, 0.4) is 0 Å². The minimum absolute atomic E-state index is 0.161. The van der Waals surface area contributed by atoms with Gasteiger partial charge in [-0.3, -0.25) is 4.79 Å². The summed E-state index contributed by atoms with van der Waals surface area (Å²) in [6.07, 6.45) is 3.53. The molecule has 0 heterocycles. The number of ether oxygens (including phenoxy) is 2. The van der Waals surface area contributed by atoms with Crippen LogP contribution in [0, 0.1) is 13.8 Å². The first-order valence-corrected chi connectivity index (χ1v) is 8.33. The quantitative estimate of drug-likeness (QED) is 0.449. The highest BCUT2D eigenvalue weighted by Gasteiger charge is 2.06. The summed E-state index contributed by atoms with van der Waals surface area (Å²) in [5.41, 5.74) is 6.62. The summed E-state index contributed by atoms with van der Waals surface area (Å²) in [5, 5.41) is 4.02. The average molecular weight is 352 g/mol. The fraction of sp³-hybridized carbons (Fsp3) is 0.238. The Morgan fingerprint density at radius 2 is 2.00 bits per heavy atom. The summed E-state index contributed by atoms with van der Waals surface area (Å²) in [7, 11) is 1.57. The Labute approximate surface area is 154 Å². The van der Waals surface area contributed by atoms with Gasteiger partial charge in [0, 0.05) is 0 Å². The summed E-state index contributed by atoms with van der Waals surface area (Å²) in [6, 6.07) is 11.5. The van der Waals surface area contributed by atoms with Gasteiger partial charge in [-0.2, -0.15) is 5.10 Å². The van der Waals surface area contributed by atoms with Crippen LogP contribution in [-0.4, -0.2) is 25.8 Å². The third kappa shape index (κ3) is 5.48. The second-order valence-corrected chi connectivity index (χ2v) is 5.91. The van der Waals surface area contributed by atoms with E-state index in [1.165, 1.54) is 5.56 Å². The molecule has 0 aliphatic heterocycles. The van der Waals surface area contributed by atoms with Crippen molar-refractivity contribution in [2.24, 2.45) is 5.10 Å². The van der Waals surface area contributed by atoms with E-state index in [1.54, 1.807) is 31.5 Å². The van der Waals surface area contributed by atoms with Gasteiger partial charge in [-0.25, -0.2) is 5.43 Å². The van der Waals surface area contributed by atoms with E-state index in [2.05, 4.69) is 23.2 Å². The van der Waals surface area contributed by atoms with Gasteiger partial charge in [0.25, 0.3) is 0 Å². The molecule has 136 valence electrons. The molecule has 0 spiro atoms. The van der Waals surface area contributed by atoms with Gasteiger partial charge in [-0.15, -0.1) is 0 Å². The van der Waals surface area contributed by atoms with Crippen LogP contribution >= 0.6 is 0 Å². The number of aryl methyl sites for hydroxylation is 2. The minimum Gasteiger partial charge on any atom is -0.493 e. The number of rotatable bonds is 8. The van der Waals surface area contributed by atoms with Gasteiger partial charge < -0.3 is 9.47 Å². The van der Waals surface area contributed by atoms with Crippen LogP contribution < -0.4 is 14.9 Å². The molecule has 0 unspecified atom stereocenters. The van der Waals surface area contributed by atoms with Crippen molar-refractivity contribution in [1.82, 2.24) is 5.43 Å². The number of nitrogens with zero attached hydrogens (tertiary/aromatic N) is 1. The van der Waals surface area contributed by atoms with Gasteiger partial charge in [0.15, 0.2) is 11.5 Å². The highest BCUT2D eigenvalue weighted by atomic mass is 16.5. The smallest absolute Gasteiger partial charge is 0.244 e. The van der Waals surface area contributed by atoms with E-state index in [4.69, 9.17) is 9.47 Å². The number of hydrazone groups is 1. The first kappa shape index (κ1) is 19.2. The predicted molar refractivity (Wildman–Crippen MR) is 104 cm³/mol. The first-order valence-electron chi connectivity index (χ1n) is 8.33. The van der Waals surface area contributed by atoms with Crippen molar-refractivity contribution in [2.45, 2.75) is 20.3 Å². The second kappa shape index (κ2) is 9.42. The maximum atomic E-state index is 12.1. The lowest BCUT2D eigenvalue weighted by molar-refractivity contribution is -0.120. The molecule has 0 bridgehead atoms. The second-order valence-electron chi connectivity index (χ2n) is 5.91. The molecule has 2 rings (SSSR count). The maximum Gasteiger partial charge on any atom is 0.244 e. The third-order valence-corrected chi connectivity index (χ3v) is 3.80. The summed E-state index contributed by atoms with van der Waals surface area (Å²) in [6.45, 7) is 8.05. The molecule has 0 aromatic heterocycles. The largest absolute Gasteiger partial charge is 0.493 e. The molecular weight excluding hydrogens is 328 g/mol. The number of amides is 1. The van der Waals surface area contributed by atoms with Crippen molar-refractivity contribution in [2.75, 3.05) is 13.7 Å². The minimum atomic E-state index is -0.161. The van der Waals surface area contributed by atoms with Crippen LogP contribution in [0.15, 0.2) is 54.2 Å². The maximum absolute atomic E-state index is 12.1. The van der Waals surface area contributed by atoms with E-state index in [-0.39, 0.29) is 5.91 Å². The number of hydrogen-bond acceptors (Lipinski definition) is 4. The number of hydrogen-bond donors (Lipinski definition) is 1. The van der Waals surface area contributed by atoms with Crippen molar-refractivity contribution in [3.05, 3.63) is 71.3 Å². The van der Waals surface area contributed by atoms with Gasteiger partial charge in [-0.05, 0) is 48.7 Å². The van der Waals surface area contributed by atoms with E-state index in [1.807, 2.05) is 32.0 Å². The zero-order valence-electron chi connectivity index (χ0n) is 15.4. The molecule has 0 aliphatic rings. The van der Waals surface area contributed by atoms with Gasteiger partial charge in [0.2, 0.25) is 5.91 Å². The Kier molecular flexibility index (Phi) is 6.97. The fourth-order valence-corrected chi connectivity index (χ4v) is 2.47. The summed E-state index contributed by atoms with van der Waals surface area (Å²) in [4.78, 5) is 12.1. The van der Waals surface area contributed by atoms with Crippen molar-refractivity contribution in [1.29, 1.82) is 0 Å². The molecule has 5 heteroatoms. The predicted octanol–water partition coefficient (Wildman–Crippen LogP) is 3.57. The number of benzene rings is 2. The van der Waals surface area contributed by atoms with Gasteiger partial charge in [0.05, 0.1) is 19.7 Å². The molecule has 0 fully saturated rings. The Bertz CT molecular complexity index is 813. The normalized spacial score (nSPS) is 10.6. The molecule has 2 aromatic carbocycles. The standard InChI is InChI=1S/C21H24N2O3/c1-5-10-26-19-9-7-17(12-20(19)25-4)14-22-23-21(24)13-18-8-6-15(2)11-16(18)3/h5-9,11-12,14H,1,10,13H2,2-4H3,(H,23,24)/b22-14-. The van der Waals surface area contributed by atoms with Crippen molar-refractivity contribution in [3.8, 4) is 11.5 Å². The van der Waals surface area contributed by atoms with Crippen LogP contribution in [0.25, 0.3) is 0 Å². The molecule has 0 saturated heterocycles. The van der Waals surface area contributed by atoms with Gasteiger partial charge >= 0.3 is 0 Å². The zero-order valence-corrected chi connectivity index (χ0v) is 15.4. The average Bonchev–Trinajstić information content (AvgIpc) is 2.62. The molecule has 26 heavy (non-hydrogen) atoms. The third-order valence-electron chi connectivity index (χ3n) is 3.80. The lowest BCUT2D eigenvalue weighted by atomic mass is 10.0. The van der Waals surface area contributed by atoms with Crippen molar-refractivity contribution >= 4 is 12.1 Å². The fourth-order valence-electron chi connectivity index (χ4n) is 2.47. The molecule has 0 radical (unpaired) electrons. The number of nitrogens with one attached hydrogen (secondary N) is 1. The van der Waals surface area contributed by atoms with Crippen LogP contribution in [0.1, 0.15) is 22.3 Å². The Morgan fingerprint density at radius 3 is 2.69 bits per heavy atom. The molecule has 1 amide bonds. The highest BCUT2D eigenvalue weighted by molar-refractivity contribution is 5.84. The van der Waals surface area contributed by atoms with E-state index in [9.17, 15) is 4.79 Å². The van der Waals surface area contributed by atoms with Crippen LogP contribution in [-0.2, 0) is 11.2 Å². The molecule has 0 saturated carbocycles. The SMILES string of the molecule is C=CCOc1ccc(/C=N\NC(=O)Cc2ccc(C)cc2C)cc1OC. The van der Waals surface area contributed by atoms with E-state index in [0.29, 0.717) is 24.5 Å². The molecule has 2 aromatic rings. The van der Waals surface area contributed by atoms with E-state index in [0.717, 1.165) is 16.7 Å². The highest BCUT2D eigenvalue weighted by Crippen LogP contribution is 2.27. The summed E-state index contributed by atoms with van der Waals surface area (Å²) >= 11 is 0. The molecule has 0 aliphatic carbocycles. The number of carbonyl (C=O) groups is 1. The van der Waals surface area contributed by atoms with Crippen LogP contribution in [0.4, 0.5) is 0 Å². The number of carbonyl (C=O) groups excluding carboxylic acids is 1. The van der Waals surface area contributed by atoms with E-state index >= 15 is 0 Å². The monoisotopic (exact) mass is 352 g/mol. The van der Waals surface area contributed by atoms with Gasteiger partial charge in [-0.1, -0.05) is 36.4 Å². The van der Waals surface area contributed by atoms with E-state index < -0.39 is 0 Å². The zero-order chi connectivity index (χ0) is 18.9. The molecular formula is C21H24N2O3.